The van der Waals surface area contributed by atoms with Gasteiger partial charge in [-0.1, -0.05) is 19.0 Å². The molecule has 202 valence electrons. The van der Waals surface area contributed by atoms with Crippen molar-refractivity contribution in [2.24, 2.45) is 11.1 Å². The van der Waals surface area contributed by atoms with Gasteiger partial charge in [-0.05, 0) is 11.5 Å². The Bertz CT molecular complexity index is 1100. The van der Waals surface area contributed by atoms with E-state index in [-0.39, 0.29) is 41.4 Å². The Morgan fingerprint density at radius 2 is 2.03 bits per heavy atom. The Balaban J connectivity index is 1.68. The van der Waals surface area contributed by atoms with E-state index in [1.807, 2.05) is 13.8 Å². The van der Waals surface area contributed by atoms with E-state index in [2.05, 4.69) is 15.5 Å². The molecule has 3 heterocycles. The highest BCUT2D eigenvalue weighted by molar-refractivity contribution is 8.00. The number of nitrogens with two attached hydrogens (primary N) is 1. The van der Waals surface area contributed by atoms with Gasteiger partial charge in [0.15, 0.2) is 10.8 Å². The van der Waals surface area contributed by atoms with Crippen LogP contribution in [0.1, 0.15) is 19.5 Å². The van der Waals surface area contributed by atoms with Crippen molar-refractivity contribution in [2.75, 3.05) is 45.7 Å². The molecule has 14 nitrogen and oxygen atoms in total. The third-order valence-electron chi connectivity index (χ3n) is 4.91. The summed E-state index contributed by atoms with van der Waals surface area (Å²) in [5, 5.41) is 7.49. The second-order valence-electron chi connectivity index (χ2n) is 8.09. The van der Waals surface area contributed by atoms with Gasteiger partial charge in [0.25, 0.3) is 11.8 Å². The number of hydrogen-bond donors (Lipinski definition) is 2. The molecule has 0 saturated carbocycles. The van der Waals surface area contributed by atoms with Crippen molar-refractivity contribution < 1.29 is 43.0 Å². The molecule has 0 aliphatic carbocycles. The number of oxime groups is 1. The number of β-lactam (4-membered cyclic amide) rings is 1. The lowest BCUT2D eigenvalue weighted by Gasteiger charge is -2.49. The lowest BCUT2D eigenvalue weighted by Crippen LogP contribution is -2.71. The molecule has 2 aliphatic heterocycles. The number of esters is 1. The van der Waals surface area contributed by atoms with Crippen molar-refractivity contribution in [3.63, 3.8) is 0 Å². The van der Waals surface area contributed by atoms with Crippen LogP contribution in [-0.4, -0.2) is 90.9 Å². The molecule has 1 fully saturated rings. The fraction of sp³-hybridized carbons (Fsp3) is 0.524. The lowest BCUT2D eigenvalue weighted by atomic mass is 10.0. The summed E-state index contributed by atoms with van der Waals surface area (Å²) in [6.45, 7) is 3.23. The van der Waals surface area contributed by atoms with Crippen molar-refractivity contribution in [3.8, 4) is 0 Å². The number of nitrogens with one attached hydrogen (secondary N) is 1. The molecule has 1 aromatic rings. The molecule has 16 heteroatoms. The van der Waals surface area contributed by atoms with E-state index in [1.165, 1.54) is 36.3 Å². The summed E-state index contributed by atoms with van der Waals surface area (Å²) in [7, 11) is 2.72. The highest BCUT2D eigenvalue weighted by Gasteiger charge is 2.54. The molecule has 0 spiro atoms. The molecule has 1 unspecified atom stereocenters. The zero-order valence-electron chi connectivity index (χ0n) is 20.5. The Morgan fingerprint density at radius 3 is 2.65 bits per heavy atom. The summed E-state index contributed by atoms with van der Waals surface area (Å²) in [5.74, 6) is -1.69. The van der Waals surface area contributed by atoms with Gasteiger partial charge in [-0.15, -0.1) is 23.1 Å². The third-order valence-corrected chi connectivity index (χ3v) is 6.92. The summed E-state index contributed by atoms with van der Waals surface area (Å²) in [6, 6.07) is -0.954. The van der Waals surface area contributed by atoms with Gasteiger partial charge in [0.05, 0.1) is 13.2 Å². The molecule has 0 radical (unpaired) electrons. The average molecular weight is 558 g/mol. The molecule has 37 heavy (non-hydrogen) atoms. The van der Waals surface area contributed by atoms with Gasteiger partial charge in [-0.3, -0.25) is 14.5 Å². The van der Waals surface area contributed by atoms with E-state index in [0.29, 0.717) is 11.3 Å². The number of nitrogen functional groups attached to an aromatic ring is 1. The molecule has 1 aromatic heterocycles. The van der Waals surface area contributed by atoms with Gasteiger partial charge in [-0.25, -0.2) is 14.6 Å². The molecular weight excluding hydrogens is 530 g/mol. The van der Waals surface area contributed by atoms with Crippen LogP contribution in [-0.2, 0) is 38.2 Å². The number of fused-ring (bicyclic) bond motifs is 1. The number of anilines is 1. The van der Waals surface area contributed by atoms with E-state index in [9.17, 15) is 19.2 Å². The summed E-state index contributed by atoms with van der Waals surface area (Å²) < 4.78 is 19.8. The van der Waals surface area contributed by atoms with Crippen molar-refractivity contribution in [1.29, 1.82) is 0 Å². The van der Waals surface area contributed by atoms with Gasteiger partial charge in [-0.2, -0.15) is 0 Å². The first kappa shape index (κ1) is 28.2. The molecule has 3 N–H and O–H groups in total. The number of thioether (sulfide) groups is 1. The summed E-state index contributed by atoms with van der Waals surface area (Å²) in [4.78, 5) is 60.4. The number of methoxy groups -OCH3 is 1. The number of ether oxygens (including phenoxy) is 4. The van der Waals surface area contributed by atoms with Crippen LogP contribution in [0.25, 0.3) is 0 Å². The molecule has 3 rings (SSSR count). The molecular formula is C21H27N5O9S2. The third kappa shape index (κ3) is 6.69. The van der Waals surface area contributed by atoms with Crippen molar-refractivity contribution >= 4 is 57.9 Å². The Kier molecular flexibility index (Phi) is 9.71. The minimum Gasteiger partial charge on any atom is -0.434 e. The first-order valence-electron chi connectivity index (χ1n) is 10.9. The van der Waals surface area contributed by atoms with Crippen LogP contribution in [0.4, 0.5) is 9.93 Å². The molecule has 2 atom stereocenters. The van der Waals surface area contributed by atoms with Crippen LogP contribution >= 0.6 is 23.1 Å². The fourth-order valence-corrected chi connectivity index (χ4v) is 5.21. The molecule has 0 bridgehead atoms. The number of carbonyl (C=O) groups excluding carboxylic acids is 4. The predicted molar refractivity (Wildman–Crippen MR) is 132 cm³/mol. The van der Waals surface area contributed by atoms with Gasteiger partial charge in [0, 0.05) is 18.2 Å². The first-order valence-corrected chi connectivity index (χ1v) is 12.9. The van der Waals surface area contributed by atoms with Crippen LogP contribution in [0.15, 0.2) is 21.8 Å². The maximum Gasteiger partial charge on any atom is 0.511 e. The Hall–Kier alpha value is -3.37. The SMILES string of the molecule is COCC1=C(C(=O)OCOC(=O)OCC(C)C)N2C(=O)C(NC(=O)C(=NOC)c3csc(N)n3)[C@H]2SC1. The lowest BCUT2D eigenvalue weighted by molar-refractivity contribution is -0.157. The number of thiazole rings is 1. The van der Waals surface area contributed by atoms with Crippen LogP contribution in [0.3, 0.4) is 0 Å². The number of rotatable bonds is 11. The van der Waals surface area contributed by atoms with Crippen LogP contribution in [0, 0.1) is 5.92 Å². The minimum absolute atomic E-state index is 0.0293. The Morgan fingerprint density at radius 1 is 1.27 bits per heavy atom. The molecule has 2 amide bonds. The fourth-order valence-electron chi connectivity index (χ4n) is 3.33. The summed E-state index contributed by atoms with van der Waals surface area (Å²) in [6.07, 6.45) is -0.983. The zero-order valence-corrected chi connectivity index (χ0v) is 22.2. The largest absolute Gasteiger partial charge is 0.511 e. The van der Waals surface area contributed by atoms with Crippen LogP contribution in [0.5, 0.6) is 0 Å². The van der Waals surface area contributed by atoms with Gasteiger partial charge in [0.2, 0.25) is 6.79 Å². The number of aromatic nitrogens is 1. The van der Waals surface area contributed by atoms with Gasteiger partial charge >= 0.3 is 12.1 Å². The maximum absolute atomic E-state index is 13.1. The van der Waals surface area contributed by atoms with Crippen LogP contribution < -0.4 is 11.1 Å². The predicted octanol–water partition coefficient (Wildman–Crippen LogP) is 0.686. The average Bonchev–Trinajstić information content (AvgIpc) is 3.29. The standard InChI is InChI=1S/C21H27N5O9S2/c1-10(2)5-33-21(30)35-9-34-19(29)15-11(6-31-3)7-36-18-14(17(28)26(15)18)24-16(27)13(25-32-4)12-8-37-20(22)23-12/h8,10,14,18H,5-7,9H2,1-4H3,(H2,22,23)(H,24,27)/t14?,18-/m1/s1. The smallest absolute Gasteiger partial charge is 0.434 e. The molecule has 0 aromatic carbocycles. The quantitative estimate of drug-likeness (QED) is 0.128. The normalized spacial score (nSPS) is 19.2. The van der Waals surface area contributed by atoms with E-state index < -0.39 is 42.1 Å². The van der Waals surface area contributed by atoms with E-state index in [0.717, 1.165) is 11.3 Å². The highest BCUT2D eigenvalue weighted by Crippen LogP contribution is 2.40. The number of nitrogens with zero attached hydrogens (tertiary/aromatic N) is 3. The highest BCUT2D eigenvalue weighted by atomic mass is 32.2. The second-order valence-corrected chi connectivity index (χ2v) is 10.1. The second kappa shape index (κ2) is 12.7. The molecule has 2 aliphatic rings. The minimum atomic E-state index is -0.983. The van der Waals surface area contributed by atoms with Crippen molar-refractivity contribution in [2.45, 2.75) is 25.3 Å². The number of carbonyl (C=O) groups is 4. The number of amides is 2. The van der Waals surface area contributed by atoms with Crippen molar-refractivity contribution in [1.82, 2.24) is 15.2 Å². The molecule has 1 saturated heterocycles. The Labute approximate surface area is 220 Å². The van der Waals surface area contributed by atoms with Crippen molar-refractivity contribution in [3.05, 3.63) is 22.3 Å². The summed E-state index contributed by atoms with van der Waals surface area (Å²) in [5.41, 5.74) is 6.16. The van der Waals surface area contributed by atoms with E-state index >= 15 is 0 Å². The zero-order chi connectivity index (χ0) is 27.1. The first-order chi connectivity index (χ1) is 17.7. The van der Waals surface area contributed by atoms with Crippen LogP contribution in [0.2, 0.25) is 0 Å². The maximum atomic E-state index is 13.1. The van der Waals surface area contributed by atoms with Gasteiger partial charge in [0.1, 0.15) is 29.9 Å². The van der Waals surface area contributed by atoms with E-state index in [1.54, 1.807) is 0 Å². The van der Waals surface area contributed by atoms with E-state index in [4.69, 9.17) is 29.5 Å². The topological polar surface area (TPSA) is 181 Å². The monoisotopic (exact) mass is 557 g/mol. The summed E-state index contributed by atoms with van der Waals surface area (Å²) >= 11 is 2.45. The van der Waals surface area contributed by atoms with Gasteiger partial charge < -0.3 is 34.8 Å². The number of hydrogen-bond acceptors (Lipinski definition) is 14.